The zero-order chi connectivity index (χ0) is 11.3. The SMILES string of the molecule is CCNCC(=O)N(CCC(=O)O)C1CC1. The standard InChI is InChI=1S/C10H18N2O3/c1-2-11-7-9(13)12(8-3-4-8)6-5-10(14)15/h8,11H,2-7H2,1H3,(H,14,15). The Bertz CT molecular complexity index is 239. The van der Waals surface area contributed by atoms with Gasteiger partial charge in [-0.3, -0.25) is 9.59 Å². The fourth-order valence-corrected chi connectivity index (χ4v) is 1.45. The predicted octanol–water partition coefficient (Wildman–Crippen LogP) is 0.0616. The number of carboxylic acids is 1. The van der Waals surface area contributed by atoms with Gasteiger partial charge in [-0.25, -0.2) is 0 Å². The van der Waals surface area contributed by atoms with E-state index in [0.29, 0.717) is 13.1 Å². The highest BCUT2D eigenvalue weighted by Gasteiger charge is 2.32. The van der Waals surface area contributed by atoms with Crippen LogP contribution in [-0.2, 0) is 9.59 Å². The third-order valence-electron chi connectivity index (χ3n) is 2.40. The van der Waals surface area contributed by atoms with Crippen molar-refractivity contribution in [2.75, 3.05) is 19.6 Å². The molecule has 15 heavy (non-hydrogen) atoms. The molecule has 0 bridgehead atoms. The highest BCUT2D eigenvalue weighted by Crippen LogP contribution is 2.26. The van der Waals surface area contributed by atoms with E-state index < -0.39 is 5.97 Å². The summed E-state index contributed by atoms with van der Waals surface area (Å²) in [5.41, 5.74) is 0. The van der Waals surface area contributed by atoms with E-state index in [1.807, 2.05) is 6.92 Å². The molecule has 1 fully saturated rings. The fraction of sp³-hybridized carbons (Fsp3) is 0.800. The first-order valence-electron chi connectivity index (χ1n) is 5.37. The number of amides is 1. The second-order valence-corrected chi connectivity index (χ2v) is 3.74. The number of carbonyl (C=O) groups is 2. The number of rotatable bonds is 7. The number of carboxylic acid groups (broad SMARTS) is 1. The lowest BCUT2D eigenvalue weighted by Gasteiger charge is -2.21. The first-order chi connectivity index (χ1) is 7.15. The normalized spacial score (nSPS) is 15.0. The molecule has 2 N–H and O–H groups in total. The van der Waals surface area contributed by atoms with E-state index >= 15 is 0 Å². The molecule has 0 atom stereocenters. The third-order valence-corrected chi connectivity index (χ3v) is 2.40. The summed E-state index contributed by atoms with van der Waals surface area (Å²) in [6.45, 7) is 3.34. The maximum Gasteiger partial charge on any atom is 0.305 e. The molecule has 5 nitrogen and oxygen atoms in total. The summed E-state index contributed by atoms with van der Waals surface area (Å²) in [5, 5.41) is 11.5. The molecule has 0 radical (unpaired) electrons. The smallest absolute Gasteiger partial charge is 0.305 e. The van der Waals surface area contributed by atoms with Crippen molar-refractivity contribution >= 4 is 11.9 Å². The van der Waals surface area contributed by atoms with Gasteiger partial charge < -0.3 is 15.3 Å². The van der Waals surface area contributed by atoms with Crippen LogP contribution in [0, 0.1) is 0 Å². The summed E-state index contributed by atoms with van der Waals surface area (Å²) in [6.07, 6.45) is 2.06. The molecule has 1 aliphatic carbocycles. The lowest BCUT2D eigenvalue weighted by molar-refractivity contribution is -0.138. The van der Waals surface area contributed by atoms with Gasteiger partial charge in [0.2, 0.25) is 5.91 Å². The minimum Gasteiger partial charge on any atom is -0.481 e. The van der Waals surface area contributed by atoms with E-state index in [0.717, 1.165) is 19.4 Å². The number of hydrogen-bond donors (Lipinski definition) is 2. The number of likely N-dealkylation sites (N-methyl/N-ethyl adjacent to an activating group) is 1. The third kappa shape index (κ3) is 4.29. The van der Waals surface area contributed by atoms with Gasteiger partial charge in [0, 0.05) is 12.6 Å². The van der Waals surface area contributed by atoms with E-state index in [2.05, 4.69) is 5.32 Å². The monoisotopic (exact) mass is 214 g/mol. The Morgan fingerprint density at radius 3 is 2.60 bits per heavy atom. The molecule has 0 aliphatic heterocycles. The molecular formula is C10H18N2O3. The Kier molecular flexibility index (Phi) is 4.55. The second-order valence-electron chi connectivity index (χ2n) is 3.74. The fourth-order valence-electron chi connectivity index (χ4n) is 1.45. The van der Waals surface area contributed by atoms with E-state index in [-0.39, 0.29) is 18.4 Å². The van der Waals surface area contributed by atoms with Crippen LogP contribution in [0.3, 0.4) is 0 Å². The highest BCUT2D eigenvalue weighted by atomic mass is 16.4. The molecule has 0 unspecified atom stereocenters. The molecule has 0 aromatic carbocycles. The van der Waals surface area contributed by atoms with Gasteiger partial charge in [0.15, 0.2) is 0 Å². The maximum atomic E-state index is 11.7. The quantitative estimate of drug-likeness (QED) is 0.629. The summed E-state index contributed by atoms with van der Waals surface area (Å²) < 4.78 is 0. The minimum absolute atomic E-state index is 0.0144. The van der Waals surface area contributed by atoms with Gasteiger partial charge in [0.1, 0.15) is 0 Å². The van der Waals surface area contributed by atoms with Gasteiger partial charge in [0.25, 0.3) is 0 Å². The lowest BCUT2D eigenvalue weighted by Crippen LogP contribution is -2.40. The Morgan fingerprint density at radius 1 is 1.47 bits per heavy atom. The van der Waals surface area contributed by atoms with Crippen molar-refractivity contribution in [3.63, 3.8) is 0 Å². The second kappa shape index (κ2) is 5.70. The van der Waals surface area contributed by atoms with Crippen molar-refractivity contribution in [2.45, 2.75) is 32.2 Å². The van der Waals surface area contributed by atoms with Crippen molar-refractivity contribution in [1.82, 2.24) is 10.2 Å². The van der Waals surface area contributed by atoms with Crippen LogP contribution in [-0.4, -0.2) is 47.6 Å². The molecule has 5 heteroatoms. The van der Waals surface area contributed by atoms with Gasteiger partial charge in [-0.1, -0.05) is 6.92 Å². The van der Waals surface area contributed by atoms with E-state index in [9.17, 15) is 9.59 Å². The van der Waals surface area contributed by atoms with Gasteiger partial charge in [-0.2, -0.15) is 0 Å². The summed E-state index contributed by atoms with van der Waals surface area (Å²) in [6, 6.07) is 0.288. The van der Waals surface area contributed by atoms with Gasteiger partial charge >= 0.3 is 5.97 Å². The van der Waals surface area contributed by atoms with Crippen molar-refractivity contribution in [1.29, 1.82) is 0 Å². The number of aliphatic carboxylic acids is 1. The van der Waals surface area contributed by atoms with Crippen LogP contribution in [0.1, 0.15) is 26.2 Å². The van der Waals surface area contributed by atoms with Crippen LogP contribution >= 0.6 is 0 Å². The van der Waals surface area contributed by atoms with E-state index in [1.54, 1.807) is 4.90 Å². The van der Waals surface area contributed by atoms with Gasteiger partial charge in [-0.15, -0.1) is 0 Å². The van der Waals surface area contributed by atoms with Crippen LogP contribution in [0.25, 0.3) is 0 Å². The predicted molar refractivity (Wildman–Crippen MR) is 55.5 cm³/mol. The average molecular weight is 214 g/mol. The average Bonchev–Trinajstić information content (AvgIpc) is 2.98. The zero-order valence-electron chi connectivity index (χ0n) is 9.03. The first kappa shape index (κ1) is 12.0. The molecule has 1 aliphatic rings. The van der Waals surface area contributed by atoms with Crippen LogP contribution in [0.15, 0.2) is 0 Å². The Labute approximate surface area is 89.4 Å². The Morgan fingerprint density at radius 2 is 2.13 bits per heavy atom. The topological polar surface area (TPSA) is 69.6 Å². The molecule has 1 rings (SSSR count). The van der Waals surface area contributed by atoms with Crippen molar-refractivity contribution in [3.8, 4) is 0 Å². The molecule has 86 valence electrons. The Balaban J connectivity index is 2.35. The van der Waals surface area contributed by atoms with Crippen molar-refractivity contribution in [3.05, 3.63) is 0 Å². The van der Waals surface area contributed by atoms with Crippen LogP contribution in [0.4, 0.5) is 0 Å². The van der Waals surface area contributed by atoms with Crippen molar-refractivity contribution < 1.29 is 14.7 Å². The molecule has 0 saturated heterocycles. The van der Waals surface area contributed by atoms with Gasteiger partial charge in [0.05, 0.1) is 13.0 Å². The van der Waals surface area contributed by atoms with Gasteiger partial charge in [-0.05, 0) is 19.4 Å². The zero-order valence-corrected chi connectivity index (χ0v) is 9.03. The Hall–Kier alpha value is -1.10. The van der Waals surface area contributed by atoms with Crippen LogP contribution in [0.2, 0.25) is 0 Å². The number of nitrogens with zero attached hydrogens (tertiary/aromatic N) is 1. The summed E-state index contributed by atoms with van der Waals surface area (Å²) in [7, 11) is 0. The van der Waals surface area contributed by atoms with E-state index in [4.69, 9.17) is 5.11 Å². The van der Waals surface area contributed by atoms with E-state index in [1.165, 1.54) is 0 Å². The first-order valence-corrected chi connectivity index (χ1v) is 5.37. The molecular weight excluding hydrogens is 196 g/mol. The lowest BCUT2D eigenvalue weighted by atomic mass is 10.3. The largest absolute Gasteiger partial charge is 0.481 e. The summed E-state index contributed by atoms with van der Waals surface area (Å²) in [4.78, 5) is 23.8. The summed E-state index contributed by atoms with van der Waals surface area (Å²) >= 11 is 0. The molecule has 1 saturated carbocycles. The van der Waals surface area contributed by atoms with Crippen LogP contribution in [0.5, 0.6) is 0 Å². The molecule has 1 amide bonds. The molecule has 0 heterocycles. The number of nitrogens with one attached hydrogen (secondary N) is 1. The molecule has 0 aromatic heterocycles. The number of hydrogen-bond acceptors (Lipinski definition) is 3. The minimum atomic E-state index is -0.850. The summed E-state index contributed by atoms with van der Waals surface area (Å²) in [5.74, 6) is -0.836. The molecule has 0 spiro atoms. The van der Waals surface area contributed by atoms with Crippen molar-refractivity contribution in [2.24, 2.45) is 0 Å². The maximum absolute atomic E-state index is 11.7. The molecule has 0 aromatic rings. The number of carbonyl (C=O) groups excluding carboxylic acids is 1. The van der Waals surface area contributed by atoms with Crippen LogP contribution < -0.4 is 5.32 Å². The highest BCUT2D eigenvalue weighted by molar-refractivity contribution is 5.79.